The summed E-state index contributed by atoms with van der Waals surface area (Å²) in [6.07, 6.45) is 4.97. The summed E-state index contributed by atoms with van der Waals surface area (Å²) in [5, 5.41) is 0. The van der Waals surface area contributed by atoms with Crippen LogP contribution in [0, 0.1) is 0 Å². The Morgan fingerprint density at radius 1 is 1.00 bits per heavy atom. The van der Waals surface area contributed by atoms with Crippen LogP contribution >= 0.6 is 0 Å². The van der Waals surface area contributed by atoms with Gasteiger partial charge in [-0.3, -0.25) is 4.79 Å². The lowest BCUT2D eigenvalue weighted by atomic mass is 9.95. The Morgan fingerprint density at radius 2 is 1.64 bits per heavy atom. The SMILES string of the molecule is CS(=O)(=O)N1Cc2ccccc2C[C@H]1C(=O)N1CCN(c2ncccn2)CC1. The molecule has 0 bridgehead atoms. The minimum Gasteiger partial charge on any atom is -0.338 e. The maximum atomic E-state index is 13.2. The standard InChI is InChI=1S/C19H23N5O3S/c1-28(26,27)24-14-16-6-3-2-5-15(16)13-17(24)18(25)22-9-11-23(12-10-22)19-20-7-4-8-21-19/h2-8,17H,9-14H2,1H3/t17-/m0/s1. The van der Waals surface area contributed by atoms with Crippen LogP contribution in [-0.2, 0) is 27.8 Å². The highest BCUT2D eigenvalue weighted by molar-refractivity contribution is 7.88. The van der Waals surface area contributed by atoms with Crippen molar-refractivity contribution in [2.24, 2.45) is 0 Å². The lowest BCUT2D eigenvalue weighted by Gasteiger charge is -2.40. The van der Waals surface area contributed by atoms with Crippen LogP contribution in [-0.4, -0.2) is 72.0 Å². The van der Waals surface area contributed by atoms with E-state index in [0.717, 1.165) is 11.1 Å². The molecule has 0 spiro atoms. The molecule has 8 nitrogen and oxygen atoms in total. The number of hydrogen-bond acceptors (Lipinski definition) is 6. The fraction of sp³-hybridized carbons (Fsp3) is 0.421. The molecule has 0 saturated carbocycles. The molecule has 1 aromatic carbocycles. The van der Waals surface area contributed by atoms with E-state index in [1.807, 2.05) is 29.2 Å². The Morgan fingerprint density at radius 3 is 2.29 bits per heavy atom. The van der Waals surface area contributed by atoms with Crippen LogP contribution < -0.4 is 4.90 Å². The average molecular weight is 401 g/mol. The molecule has 0 radical (unpaired) electrons. The van der Waals surface area contributed by atoms with E-state index in [4.69, 9.17) is 0 Å². The van der Waals surface area contributed by atoms with Gasteiger partial charge in [-0.25, -0.2) is 18.4 Å². The lowest BCUT2D eigenvalue weighted by molar-refractivity contribution is -0.136. The molecule has 2 aliphatic heterocycles. The number of carbonyl (C=O) groups excluding carboxylic acids is 1. The number of benzene rings is 1. The zero-order valence-electron chi connectivity index (χ0n) is 15.7. The number of amides is 1. The molecule has 3 heterocycles. The Bertz CT molecular complexity index is 959. The number of rotatable bonds is 3. The molecular formula is C19H23N5O3S. The third-order valence-electron chi connectivity index (χ3n) is 5.34. The fourth-order valence-electron chi connectivity index (χ4n) is 3.85. The van der Waals surface area contributed by atoms with Crippen LogP contribution in [0.5, 0.6) is 0 Å². The number of anilines is 1. The van der Waals surface area contributed by atoms with E-state index in [1.165, 1.54) is 10.6 Å². The molecule has 1 saturated heterocycles. The van der Waals surface area contributed by atoms with Gasteiger partial charge < -0.3 is 9.80 Å². The summed E-state index contributed by atoms with van der Waals surface area (Å²) >= 11 is 0. The third-order valence-corrected chi connectivity index (χ3v) is 6.58. The summed E-state index contributed by atoms with van der Waals surface area (Å²) in [4.78, 5) is 25.5. The van der Waals surface area contributed by atoms with Gasteiger partial charge in [-0.15, -0.1) is 0 Å². The smallest absolute Gasteiger partial charge is 0.241 e. The Hall–Kier alpha value is -2.52. The Balaban J connectivity index is 1.50. The van der Waals surface area contributed by atoms with Crippen molar-refractivity contribution in [3.05, 3.63) is 53.9 Å². The topological polar surface area (TPSA) is 86.7 Å². The van der Waals surface area contributed by atoms with E-state index in [-0.39, 0.29) is 12.5 Å². The van der Waals surface area contributed by atoms with E-state index in [9.17, 15) is 13.2 Å². The number of nitrogens with zero attached hydrogens (tertiary/aromatic N) is 5. The van der Waals surface area contributed by atoms with Gasteiger partial charge in [0.05, 0.1) is 6.26 Å². The molecule has 1 amide bonds. The molecule has 28 heavy (non-hydrogen) atoms. The lowest BCUT2D eigenvalue weighted by Crippen LogP contribution is -2.57. The maximum Gasteiger partial charge on any atom is 0.241 e. The van der Waals surface area contributed by atoms with Gasteiger partial charge in [-0.2, -0.15) is 4.31 Å². The normalized spacial score (nSPS) is 20.7. The largest absolute Gasteiger partial charge is 0.338 e. The molecule has 9 heteroatoms. The molecule has 148 valence electrons. The molecule has 0 unspecified atom stereocenters. The second-order valence-electron chi connectivity index (χ2n) is 7.16. The highest BCUT2D eigenvalue weighted by Crippen LogP contribution is 2.27. The molecule has 2 aliphatic rings. The molecule has 1 atom stereocenters. The van der Waals surface area contributed by atoms with Gasteiger partial charge in [0.1, 0.15) is 6.04 Å². The third kappa shape index (κ3) is 3.72. The van der Waals surface area contributed by atoms with Crippen molar-refractivity contribution in [1.82, 2.24) is 19.2 Å². The van der Waals surface area contributed by atoms with Crippen molar-refractivity contribution < 1.29 is 13.2 Å². The van der Waals surface area contributed by atoms with Gasteiger partial charge in [-0.05, 0) is 23.6 Å². The van der Waals surface area contributed by atoms with Crippen LogP contribution in [0.2, 0.25) is 0 Å². The van der Waals surface area contributed by atoms with Gasteiger partial charge in [0.2, 0.25) is 21.9 Å². The molecule has 4 rings (SSSR count). The summed E-state index contributed by atoms with van der Waals surface area (Å²) in [5.74, 6) is 0.521. The maximum absolute atomic E-state index is 13.2. The summed E-state index contributed by atoms with van der Waals surface area (Å²) < 4.78 is 26.1. The summed E-state index contributed by atoms with van der Waals surface area (Å²) in [6.45, 7) is 2.53. The molecule has 2 aromatic rings. The van der Waals surface area contributed by atoms with Gasteiger partial charge in [-0.1, -0.05) is 24.3 Å². The van der Waals surface area contributed by atoms with E-state index in [1.54, 1.807) is 23.4 Å². The molecule has 0 N–H and O–H groups in total. The fourth-order valence-corrected chi connectivity index (χ4v) is 4.85. The second kappa shape index (κ2) is 7.48. The van der Waals surface area contributed by atoms with Crippen molar-refractivity contribution in [3.63, 3.8) is 0 Å². The number of fused-ring (bicyclic) bond motifs is 1. The summed E-state index contributed by atoms with van der Waals surface area (Å²) in [6, 6.07) is 8.79. The minimum absolute atomic E-state index is 0.131. The first kappa shape index (κ1) is 18.8. The quantitative estimate of drug-likeness (QED) is 0.745. The van der Waals surface area contributed by atoms with Crippen molar-refractivity contribution in [1.29, 1.82) is 0 Å². The number of aromatic nitrogens is 2. The van der Waals surface area contributed by atoms with E-state index in [2.05, 4.69) is 9.97 Å². The molecular weight excluding hydrogens is 378 g/mol. The Kier molecular flexibility index (Phi) is 5.03. The zero-order chi connectivity index (χ0) is 19.7. The minimum atomic E-state index is -3.50. The number of sulfonamides is 1. The Labute approximate surface area is 164 Å². The van der Waals surface area contributed by atoms with Crippen LogP contribution in [0.1, 0.15) is 11.1 Å². The zero-order valence-corrected chi connectivity index (χ0v) is 16.5. The van der Waals surface area contributed by atoms with Gasteiger partial charge >= 0.3 is 0 Å². The first-order valence-electron chi connectivity index (χ1n) is 9.28. The highest BCUT2D eigenvalue weighted by atomic mass is 32.2. The average Bonchev–Trinajstić information content (AvgIpc) is 2.72. The first-order chi connectivity index (χ1) is 13.4. The number of piperazine rings is 1. The second-order valence-corrected chi connectivity index (χ2v) is 9.09. The number of hydrogen-bond donors (Lipinski definition) is 0. The van der Waals surface area contributed by atoms with Gasteiger partial charge in [0.15, 0.2) is 0 Å². The van der Waals surface area contributed by atoms with E-state index < -0.39 is 16.1 Å². The van der Waals surface area contributed by atoms with Gasteiger partial charge in [0.25, 0.3) is 0 Å². The predicted molar refractivity (Wildman–Crippen MR) is 105 cm³/mol. The monoisotopic (exact) mass is 401 g/mol. The van der Waals surface area contributed by atoms with Crippen molar-refractivity contribution in [2.75, 3.05) is 37.3 Å². The molecule has 1 fully saturated rings. The van der Waals surface area contributed by atoms with Crippen LogP contribution in [0.3, 0.4) is 0 Å². The van der Waals surface area contributed by atoms with Crippen LogP contribution in [0.25, 0.3) is 0 Å². The van der Waals surface area contributed by atoms with Crippen molar-refractivity contribution >= 4 is 21.9 Å². The van der Waals surface area contributed by atoms with Crippen LogP contribution in [0.15, 0.2) is 42.7 Å². The van der Waals surface area contributed by atoms with Crippen LogP contribution in [0.4, 0.5) is 5.95 Å². The van der Waals surface area contributed by atoms with Crippen molar-refractivity contribution in [3.8, 4) is 0 Å². The summed E-state index contributed by atoms with van der Waals surface area (Å²) in [7, 11) is -3.50. The van der Waals surface area contributed by atoms with Gasteiger partial charge in [0, 0.05) is 45.1 Å². The van der Waals surface area contributed by atoms with Crippen molar-refractivity contribution in [2.45, 2.75) is 19.0 Å². The van der Waals surface area contributed by atoms with E-state index >= 15 is 0 Å². The highest BCUT2D eigenvalue weighted by Gasteiger charge is 2.39. The number of carbonyl (C=O) groups is 1. The molecule has 0 aliphatic carbocycles. The first-order valence-corrected chi connectivity index (χ1v) is 11.1. The predicted octanol–water partition coefficient (Wildman–Crippen LogP) is 0.512. The molecule has 1 aromatic heterocycles. The van der Waals surface area contributed by atoms with E-state index in [0.29, 0.717) is 38.5 Å². The summed E-state index contributed by atoms with van der Waals surface area (Å²) in [5.41, 5.74) is 2.00.